The molecule has 0 heterocycles. The van der Waals surface area contributed by atoms with E-state index in [1.54, 1.807) is 6.08 Å². The quantitative estimate of drug-likeness (QED) is 0.273. The molecule has 0 fully saturated rings. The molecule has 0 unspecified atom stereocenters. The smallest absolute Gasteiger partial charge is 0.0348 e. The topological polar surface area (TPSA) is 0 Å². The highest BCUT2D eigenvalue weighted by Crippen LogP contribution is 2.07. The normalized spacial score (nSPS) is 12.8. The fourth-order valence-corrected chi connectivity index (χ4v) is 1.74. The Balaban J connectivity index is 3.47. The van der Waals surface area contributed by atoms with E-state index in [1.165, 1.54) is 44.9 Å². The molecular formula is C20H30. The zero-order valence-corrected chi connectivity index (χ0v) is 13.0. The van der Waals surface area contributed by atoms with E-state index in [2.05, 4.69) is 37.8 Å². The van der Waals surface area contributed by atoms with Crippen LogP contribution < -0.4 is 0 Å². The van der Waals surface area contributed by atoms with Gasteiger partial charge < -0.3 is 0 Å². The molecule has 0 aromatic rings. The van der Waals surface area contributed by atoms with Crippen LogP contribution in [0.4, 0.5) is 0 Å². The number of unbranched alkanes of at least 4 members (excludes halogenated alkanes) is 6. The van der Waals surface area contributed by atoms with Gasteiger partial charge in [0.25, 0.3) is 0 Å². The minimum atomic E-state index is 1.20. The SMILES string of the molecule is C=CC=CC=CC=CC=CC=CCCCCCCCC. The third-order valence-electron chi connectivity index (χ3n) is 2.89. The van der Waals surface area contributed by atoms with Gasteiger partial charge in [-0.3, -0.25) is 0 Å². The summed E-state index contributed by atoms with van der Waals surface area (Å²) in [7, 11) is 0. The first-order valence-corrected chi connectivity index (χ1v) is 7.86. The second-order valence-electron chi connectivity index (χ2n) is 4.76. The Morgan fingerprint density at radius 2 is 1.10 bits per heavy atom. The number of rotatable bonds is 12. The molecule has 0 aliphatic heterocycles. The molecule has 0 nitrogen and oxygen atoms in total. The van der Waals surface area contributed by atoms with Crippen LogP contribution in [-0.2, 0) is 0 Å². The van der Waals surface area contributed by atoms with Gasteiger partial charge in [-0.05, 0) is 12.8 Å². The summed E-state index contributed by atoms with van der Waals surface area (Å²) in [5.74, 6) is 0. The van der Waals surface area contributed by atoms with Crippen LogP contribution in [0, 0.1) is 0 Å². The third kappa shape index (κ3) is 16.4. The van der Waals surface area contributed by atoms with Crippen molar-refractivity contribution in [3.63, 3.8) is 0 Å². The third-order valence-corrected chi connectivity index (χ3v) is 2.89. The van der Waals surface area contributed by atoms with Crippen molar-refractivity contribution < 1.29 is 0 Å². The van der Waals surface area contributed by atoms with Crippen LogP contribution in [0.3, 0.4) is 0 Å². The summed E-state index contributed by atoms with van der Waals surface area (Å²) in [6.07, 6.45) is 31.6. The predicted molar refractivity (Wildman–Crippen MR) is 93.9 cm³/mol. The summed E-state index contributed by atoms with van der Waals surface area (Å²) < 4.78 is 0. The fraction of sp³-hybridized carbons (Fsp3) is 0.400. The van der Waals surface area contributed by atoms with Crippen molar-refractivity contribution in [2.45, 2.75) is 51.9 Å². The van der Waals surface area contributed by atoms with Gasteiger partial charge >= 0.3 is 0 Å². The van der Waals surface area contributed by atoms with Crippen LogP contribution in [0.25, 0.3) is 0 Å². The first-order chi connectivity index (χ1) is 9.91. The van der Waals surface area contributed by atoms with Crippen LogP contribution in [0.5, 0.6) is 0 Å². The van der Waals surface area contributed by atoms with Gasteiger partial charge in [0.2, 0.25) is 0 Å². The first-order valence-electron chi connectivity index (χ1n) is 7.86. The zero-order chi connectivity index (χ0) is 14.7. The largest absolute Gasteiger partial charge is 0.0991 e. The summed E-state index contributed by atoms with van der Waals surface area (Å²) >= 11 is 0. The Hall–Kier alpha value is -1.56. The maximum atomic E-state index is 3.61. The molecule has 0 bridgehead atoms. The molecule has 0 aliphatic rings. The molecule has 110 valence electrons. The van der Waals surface area contributed by atoms with E-state index in [1.807, 2.05) is 36.5 Å². The number of allylic oxidation sites excluding steroid dienone is 11. The van der Waals surface area contributed by atoms with Crippen molar-refractivity contribution in [3.8, 4) is 0 Å². The molecule has 0 amide bonds. The number of hydrogen-bond donors (Lipinski definition) is 0. The van der Waals surface area contributed by atoms with Crippen molar-refractivity contribution in [3.05, 3.63) is 73.4 Å². The van der Waals surface area contributed by atoms with E-state index in [0.29, 0.717) is 0 Å². The zero-order valence-electron chi connectivity index (χ0n) is 13.0. The molecule has 0 N–H and O–H groups in total. The highest BCUT2D eigenvalue weighted by Gasteiger charge is 1.87. The molecule has 0 atom stereocenters. The summed E-state index contributed by atoms with van der Waals surface area (Å²) in [6.45, 7) is 5.87. The lowest BCUT2D eigenvalue weighted by molar-refractivity contribution is 0.611. The molecule has 0 aromatic heterocycles. The van der Waals surface area contributed by atoms with E-state index in [9.17, 15) is 0 Å². The maximum Gasteiger partial charge on any atom is -0.0348 e. The molecule has 0 saturated carbocycles. The van der Waals surface area contributed by atoms with Gasteiger partial charge in [0.1, 0.15) is 0 Å². The molecule has 20 heavy (non-hydrogen) atoms. The summed E-state index contributed by atoms with van der Waals surface area (Å²) in [6, 6.07) is 0. The highest BCUT2D eigenvalue weighted by atomic mass is 13.9. The highest BCUT2D eigenvalue weighted by molar-refractivity contribution is 5.18. The summed E-state index contributed by atoms with van der Waals surface area (Å²) in [4.78, 5) is 0. The standard InChI is InChI=1S/C20H30/c1-3-5-7-9-11-13-15-17-19-20-18-16-14-12-10-8-6-4-2/h3,5,7,9,11,13,15,17-20H,1,4,6,8,10,12,14,16H2,2H3. The Kier molecular flexibility index (Phi) is 16.1. The second kappa shape index (κ2) is 17.4. The van der Waals surface area contributed by atoms with Gasteiger partial charge in [-0.1, -0.05) is 112 Å². The van der Waals surface area contributed by atoms with E-state index in [-0.39, 0.29) is 0 Å². The lowest BCUT2D eigenvalue weighted by atomic mass is 10.1. The molecule has 0 aliphatic carbocycles. The Labute approximate surface area is 126 Å². The van der Waals surface area contributed by atoms with Gasteiger partial charge in [-0.2, -0.15) is 0 Å². The average molecular weight is 270 g/mol. The Bertz CT molecular complexity index is 337. The lowest BCUT2D eigenvalue weighted by Gasteiger charge is -1.97. The molecule has 0 saturated heterocycles. The van der Waals surface area contributed by atoms with E-state index in [4.69, 9.17) is 0 Å². The summed E-state index contributed by atoms with van der Waals surface area (Å²) in [5, 5.41) is 0. The van der Waals surface area contributed by atoms with Crippen molar-refractivity contribution in [2.24, 2.45) is 0 Å². The minimum Gasteiger partial charge on any atom is -0.0991 e. The van der Waals surface area contributed by atoms with Crippen LogP contribution in [-0.4, -0.2) is 0 Å². The van der Waals surface area contributed by atoms with E-state index in [0.717, 1.165) is 0 Å². The monoisotopic (exact) mass is 270 g/mol. The molecule has 0 rings (SSSR count). The average Bonchev–Trinajstić information content (AvgIpc) is 2.47. The van der Waals surface area contributed by atoms with Crippen molar-refractivity contribution in [1.29, 1.82) is 0 Å². The molecular weight excluding hydrogens is 240 g/mol. The van der Waals surface area contributed by atoms with Crippen molar-refractivity contribution in [2.75, 3.05) is 0 Å². The van der Waals surface area contributed by atoms with Gasteiger partial charge in [0.15, 0.2) is 0 Å². The van der Waals surface area contributed by atoms with Crippen LogP contribution in [0.15, 0.2) is 73.4 Å². The Morgan fingerprint density at radius 3 is 1.70 bits per heavy atom. The van der Waals surface area contributed by atoms with Gasteiger partial charge in [-0.25, -0.2) is 0 Å². The van der Waals surface area contributed by atoms with Gasteiger partial charge in [0, 0.05) is 0 Å². The van der Waals surface area contributed by atoms with Gasteiger partial charge in [-0.15, -0.1) is 0 Å². The van der Waals surface area contributed by atoms with E-state index < -0.39 is 0 Å². The first kappa shape index (κ1) is 18.4. The molecule has 0 spiro atoms. The molecule has 0 heteroatoms. The van der Waals surface area contributed by atoms with Crippen molar-refractivity contribution in [1.82, 2.24) is 0 Å². The van der Waals surface area contributed by atoms with Crippen LogP contribution in [0.1, 0.15) is 51.9 Å². The van der Waals surface area contributed by atoms with Gasteiger partial charge in [0.05, 0.1) is 0 Å². The summed E-state index contributed by atoms with van der Waals surface area (Å²) in [5.41, 5.74) is 0. The predicted octanol–water partition coefficient (Wildman–Crippen LogP) is 6.70. The van der Waals surface area contributed by atoms with Crippen molar-refractivity contribution >= 4 is 0 Å². The Morgan fingerprint density at radius 1 is 0.600 bits per heavy atom. The number of hydrogen-bond acceptors (Lipinski definition) is 0. The lowest BCUT2D eigenvalue weighted by Crippen LogP contribution is -1.77. The van der Waals surface area contributed by atoms with Crippen LogP contribution in [0.2, 0.25) is 0 Å². The second-order valence-corrected chi connectivity index (χ2v) is 4.76. The van der Waals surface area contributed by atoms with Crippen LogP contribution >= 0.6 is 0 Å². The molecule has 0 aromatic carbocycles. The molecule has 0 radical (unpaired) electrons. The maximum absolute atomic E-state index is 3.61. The van der Waals surface area contributed by atoms with E-state index >= 15 is 0 Å². The minimum absolute atomic E-state index is 1.20. The fourth-order valence-electron chi connectivity index (χ4n) is 1.74.